The molecule has 0 aliphatic carbocycles. The summed E-state index contributed by atoms with van der Waals surface area (Å²) in [7, 11) is 0. The van der Waals surface area contributed by atoms with Crippen molar-refractivity contribution in [2.24, 2.45) is 5.73 Å². The summed E-state index contributed by atoms with van der Waals surface area (Å²) in [5.74, 6) is 0. The van der Waals surface area contributed by atoms with Gasteiger partial charge in [-0.25, -0.2) is 4.98 Å². The topological polar surface area (TPSA) is 42.2 Å². The molecule has 2 aromatic rings. The molecule has 1 atom stereocenters. The van der Waals surface area contributed by atoms with Gasteiger partial charge >= 0.3 is 0 Å². The first-order valence-corrected chi connectivity index (χ1v) is 8.16. The highest BCUT2D eigenvalue weighted by atomic mass is 35.5. The Bertz CT molecular complexity index is 584. The van der Waals surface area contributed by atoms with E-state index in [1.807, 2.05) is 0 Å². The normalized spacial score (nSPS) is 17.2. The average Bonchev–Trinajstić information content (AvgIpc) is 2.86. The molecule has 1 aliphatic heterocycles. The van der Waals surface area contributed by atoms with Gasteiger partial charge < -0.3 is 10.6 Å². The van der Waals surface area contributed by atoms with Gasteiger partial charge in [-0.15, -0.1) is 23.7 Å². The van der Waals surface area contributed by atoms with Gasteiger partial charge in [0.25, 0.3) is 0 Å². The summed E-state index contributed by atoms with van der Waals surface area (Å²) in [6.07, 6.45) is 3.22. The zero-order chi connectivity index (χ0) is 13.9. The Morgan fingerprint density at radius 2 is 2.19 bits per heavy atom. The van der Waals surface area contributed by atoms with Gasteiger partial charge in [-0.3, -0.25) is 0 Å². The molecule has 0 saturated carbocycles. The summed E-state index contributed by atoms with van der Waals surface area (Å²) in [4.78, 5) is 7.10. The molecule has 0 radical (unpaired) electrons. The van der Waals surface area contributed by atoms with E-state index in [1.165, 1.54) is 22.0 Å². The maximum atomic E-state index is 6.19. The standard InChI is InChI=1S/C16H21N3S.ClH/c1-2-5-16-18-14(11-20-16)10-19-9-13(17)8-12-6-3-4-7-15(12)19;/h3-4,6-7,11,13H,2,5,8-10,17H2,1H3;1H. The number of fused-ring (bicyclic) bond motifs is 1. The molecule has 1 aliphatic rings. The van der Waals surface area contributed by atoms with E-state index in [0.29, 0.717) is 0 Å². The fourth-order valence-electron chi connectivity index (χ4n) is 2.82. The quantitative estimate of drug-likeness (QED) is 0.937. The van der Waals surface area contributed by atoms with Crippen LogP contribution in [-0.4, -0.2) is 17.6 Å². The van der Waals surface area contributed by atoms with Crippen LogP contribution in [0.15, 0.2) is 29.6 Å². The molecule has 5 heteroatoms. The molecule has 114 valence electrons. The highest BCUT2D eigenvalue weighted by Crippen LogP contribution is 2.28. The van der Waals surface area contributed by atoms with Crippen molar-refractivity contribution in [2.45, 2.75) is 38.8 Å². The first-order chi connectivity index (χ1) is 9.76. The Labute approximate surface area is 136 Å². The van der Waals surface area contributed by atoms with Crippen molar-refractivity contribution in [3.05, 3.63) is 45.9 Å². The third-order valence-corrected chi connectivity index (χ3v) is 4.64. The van der Waals surface area contributed by atoms with Crippen LogP contribution in [0, 0.1) is 0 Å². The lowest BCUT2D eigenvalue weighted by molar-refractivity contribution is 0.596. The van der Waals surface area contributed by atoms with Crippen molar-refractivity contribution in [2.75, 3.05) is 11.4 Å². The van der Waals surface area contributed by atoms with E-state index < -0.39 is 0 Å². The van der Waals surface area contributed by atoms with Gasteiger partial charge in [0, 0.05) is 23.7 Å². The van der Waals surface area contributed by atoms with Gasteiger partial charge in [-0.2, -0.15) is 0 Å². The summed E-state index contributed by atoms with van der Waals surface area (Å²) in [6, 6.07) is 8.80. The highest BCUT2D eigenvalue weighted by molar-refractivity contribution is 7.09. The summed E-state index contributed by atoms with van der Waals surface area (Å²) < 4.78 is 0. The van der Waals surface area contributed by atoms with E-state index in [4.69, 9.17) is 10.7 Å². The molecular formula is C16H22ClN3S. The number of rotatable bonds is 4. The van der Waals surface area contributed by atoms with Crippen LogP contribution < -0.4 is 10.6 Å². The van der Waals surface area contributed by atoms with Crippen molar-refractivity contribution in [1.82, 2.24) is 4.98 Å². The molecule has 1 aromatic heterocycles. The predicted molar refractivity (Wildman–Crippen MR) is 92.5 cm³/mol. The van der Waals surface area contributed by atoms with E-state index in [9.17, 15) is 0 Å². The predicted octanol–water partition coefficient (Wildman–Crippen LogP) is 3.41. The van der Waals surface area contributed by atoms with Crippen LogP contribution in [0.3, 0.4) is 0 Å². The highest BCUT2D eigenvalue weighted by Gasteiger charge is 2.22. The van der Waals surface area contributed by atoms with E-state index in [1.54, 1.807) is 11.3 Å². The lowest BCUT2D eigenvalue weighted by atomic mass is 9.98. The van der Waals surface area contributed by atoms with Crippen LogP contribution in [-0.2, 0) is 19.4 Å². The van der Waals surface area contributed by atoms with Crippen molar-refractivity contribution in [3.8, 4) is 0 Å². The van der Waals surface area contributed by atoms with Gasteiger partial charge in [0.05, 0.1) is 17.2 Å². The SMILES string of the molecule is CCCc1nc(CN2CC(N)Cc3ccccc32)cs1.Cl. The third kappa shape index (κ3) is 3.76. The van der Waals surface area contributed by atoms with Crippen LogP contribution in [0.25, 0.3) is 0 Å². The Kier molecular flexibility index (Phi) is 5.62. The Balaban J connectivity index is 0.00000161. The van der Waals surface area contributed by atoms with E-state index >= 15 is 0 Å². The van der Waals surface area contributed by atoms with Crippen LogP contribution in [0.5, 0.6) is 0 Å². The average molecular weight is 324 g/mol. The minimum absolute atomic E-state index is 0. The molecule has 0 saturated heterocycles. The van der Waals surface area contributed by atoms with Crippen LogP contribution in [0.2, 0.25) is 0 Å². The van der Waals surface area contributed by atoms with E-state index in [0.717, 1.165) is 32.4 Å². The lowest BCUT2D eigenvalue weighted by Crippen LogP contribution is -2.42. The molecule has 0 bridgehead atoms. The molecular weight excluding hydrogens is 302 g/mol. The third-order valence-electron chi connectivity index (χ3n) is 3.69. The fraction of sp³-hybridized carbons (Fsp3) is 0.438. The second kappa shape index (κ2) is 7.25. The number of hydrogen-bond donors (Lipinski definition) is 1. The molecule has 21 heavy (non-hydrogen) atoms. The molecule has 0 amide bonds. The molecule has 3 nitrogen and oxygen atoms in total. The zero-order valence-electron chi connectivity index (χ0n) is 12.3. The lowest BCUT2D eigenvalue weighted by Gasteiger charge is -2.34. The van der Waals surface area contributed by atoms with Crippen molar-refractivity contribution >= 4 is 29.4 Å². The largest absolute Gasteiger partial charge is 0.364 e. The summed E-state index contributed by atoms with van der Waals surface area (Å²) in [6.45, 7) is 3.98. The molecule has 2 heterocycles. The van der Waals surface area contributed by atoms with Crippen molar-refractivity contribution < 1.29 is 0 Å². The first kappa shape index (κ1) is 16.3. The fourth-order valence-corrected chi connectivity index (χ4v) is 3.71. The van der Waals surface area contributed by atoms with E-state index in [-0.39, 0.29) is 18.4 Å². The van der Waals surface area contributed by atoms with Crippen molar-refractivity contribution in [3.63, 3.8) is 0 Å². The molecule has 3 rings (SSSR count). The second-order valence-corrected chi connectivity index (χ2v) is 6.40. The number of anilines is 1. The van der Waals surface area contributed by atoms with Gasteiger partial charge in [0.2, 0.25) is 0 Å². The maximum Gasteiger partial charge on any atom is 0.0928 e. The number of benzene rings is 1. The number of para-hydroxylation sites is 1. The number of aryl methyl sites for hydroxylation is 1. The Morgan fingerprint density at radius 1 is 1.38 bits per heavy atom. The minimum Gasteiger partial charge on any atom is -0.364 e. The second-order valence-electron chi connectivity index (χ2n) is 5.46. The Hall–Kier alpha value is -1.10. The number of hydrogen-bond acceptors (Lipinski definition) is 4. The number of nitrogens with two attached hydrogens (primary N) is 1. The Morgan fingerprint density at radius 3 is 3.00 bits per heavy atom. The first-order valence-electron chi connectivity index (χ1n) is 7.28. The summed E-state index contributed by atoms with van der Waals surface area (Å²) in [5, 5.41) is 3.44. The van der Waals surface area contributed by atoms with Crippen molar-refractivity contribution in [1.29, 1.82) is 0 Å². The molecule has 1 aromatic carbocycles. The maximum absolute atomic E-state index is 6.19. The van der Waals surface area contributed by atoms with Gasteiger partial charge in [-0.1, -0.05) is 25.1 Å². The van der Waals surface area contributed by atoms with E-state index in [2.05, 4.69) is 41.5 Å². The zero-order valence-corrected chi connectivity index (χ0v) is 13.9. The number of aromatic nitrogens is 1. The van der Waals surface area contributed by atoms with Crippen LogP contribution in [0.4, 0.5) is 5.69 Å². The smallest absolute Gasteiger partial charge is 0.0928 e. The van der Waals surface area contributed by atoms with Gasteiger partial charge in [0.1, 0.15) is 0 Å². The van der Waals surface area contributed by atoms with Gasteiger partial charge in [-0.05, 0) is 30.9 Å². The summed E-state index contributed by atoms with van der Waals surface area (Å²) >= 11 is 1.78. The van der Waals surface area contributed by atoms with Crippen LogP contribution in [0.1, 0.15) is 29.6 Å². The minimum atomic E-state index is 0. The number of thiazole rings is 1. The summed E-state index contributed by atoms with van der Waals surface area (Å²) in [5.41, 5.74) is 10.0. The molecule has 2 N–H and O–H groups in total. The van der Waals surface area contributed by atoms with Crippen LogP contribution >= 0.6 is 23.7 Å². The van der Waals surface area contributed by atoms with Gasteiger partial charge in [0.15, 0.2) is 0 Å². The molecule has 0 spiro atoms. The monoisotopic (exact) mass is 323 g/mol. The molecule has 1 unspecified atom stereocenters. The number of halogens is 1. The molecule has 0 fully saturated rings. The number of nitrogens with zero attached hydrogens (tertiary/aromatic N) is 2.